The van der Waals surface area contributed by atoms with Crippen molar-refractivity contribution in [2.45, 2.75) is 19.3 Å². The maximum atomic E-state index is 12.6. The van der Waals surface area contributed by atoms with Gasteiger partial charge in [-0.05, 0) is 54.5 Å². The maximum absolute atomic E-state index is 12.6. The molecular weight excluding hydrogens is 310 g/mol. The lowest BCUT2D eigenvalue weighted by Crippen LogP contribution is -2.07. The van der Waals surface area contributed by atoms with Crippen LogP contribution in [0.25, 0.3) is 6.08 Å². The van der Waals surface area contributed by atoms with Crippen LogP contribution in [0.5, 0.6) is 0 Å². The lowest BCUT2D eigenvalue weighted by atomic mass is 10.1. The largest absolute Gasteiger partial charge is 0.378 e. The van der Waals surface area contributed by atoms with E-state index in [0.29, 0.717) is 0 Å². The summed E-state index contributed by atoms with van der Waals surface area (Å²) in [5, 5.41) is 0. The summed E-state index contributed by atoms with van der Waals surface area (Å²) in [7, 11) is 4.07. The summed E-state index contributed by atoms with van der Waals surface area (Å²) in [6.07, 6.45) is 5.11. The molecular formula is C18H21NOS2. The van der Waals surface area contributed by atoms with Gasteiger partial charge in [0.15, 0.2) is 5.78 Å². The quantitative estimate of drug-likeness (QED) is 0.739. The van der Waals surface area contributed by atoms with Gasteiger partial charge in [0.1, 0.15) is 0 Å². The van der Waals surface area contributed by atoms with E-state index in [1.54, 1.807) is 0 Å². The number of hydrogen-bond donors (Lipinski definition) is 0. The molecule has 1 aliphatic heterocycles. The lowest BCUT2D eigenvalue weighted by molar-refractivity contribution is -0.111. The van der Waals surface area contributed by atoms with Crippen LogP contribution in [0, 0.1) is 0 Å². The van der Waals surface area contributed by atoms with Gasteiger partial charge in [-0.25, -0.2) is 0 Å². The highest BCUT2D eigenvalue weighted by Gasteiger charge is 2.27. The van der Waals surface area contributed by atoms with Crippen molar-refractivity contribution in [3.8, 4) is 0 Å². The molecule has 1 heterocycles. The third-order valence-electron chi connectivity index (χ3n) is 3.96. The van der Waals surface area contributed by atoms with Crippen LogP contribution in [0.4, 0.5) is 5.69 Å². The second-order valence-corrected chi connectivity index (χ2v) is 8.27. The van der Waals surface area contributed by atoms with Gasteiger partial charge in [0, 0.05) is 35.2 Å². The zero-order valence-corrected chi connectivity index (χ0v) is 14.7. The van der Waals surface area contributed by atoms with Crippen LogP contribution in [0.2, 0.25) is 0 Å². The number of thioether (sulfide) groups is 2. The molecule has 0 amide bonds. The molecule has 1 aliphatic carbocycles. The molecule has 1 saturated heterocycles. The van der Waals surface area contributed by atoms with Crippen molar-refractivity contribution < 1.29 is 4.79 Å². The summed E-state index contributed by atoms with van der Waals surface area (Å²) >= 11 is 3.73. The Labute approximate surface area is 141 Å². The number of benzene rings is 1. The number of anilines is 1. The molecule has 2 fully saturated rings. The van der Waals surface area contributed by atoms with Gasteiger partial charge < -0.3 is 4.90 Å². The summed E-state index contributed by atoms with van der Waals surface area (Å²) in [5.74, 6) is 2.59. The molecule has 116 valence electrons. The fourth-order valence-corrected chi connectivity index (χ4v) is 5.39. The molecule has 2 aliphatic rings. The molecule has 3 rings (SSSR count). The van der Waals surface area contributed by atoms with Crippen molar-refractivity contribution in [2.24, 2.45) is 0 Å². The normalized spacial score (nSPS) is 20.8. The standard InChI is InChI=1S/C18H21NOS2/c1-19(2)15-7-4-13(5-8-15)12-14-6-9-16(17(14)20)18-21-10-3-11-22-18/h4-5,7-8,12H,3,6,9-11H2,1-2H3. The molecule has 0 N–H and O–H groups in total. The van der Waals surface area contributed by atoms with Crippen LogP contribution in [0.1, 0.15) is 24.8 Å². The summed E-state index contributed by atoms with van der Waals surface area (Å²) in [5.41, 5.74) is 4.32. The molecule has 0 radical (unpaired) electrons. The van der Waals surface area contributed by atoms with Crippen molar-refractivity contribution in [2.75, 3.05) is 30.5 Å². The molecule has 1 aromatic rings. The summed E-state index contributed by atoms with van der Waals surface area (Å²) in [4.78, 5) is 14.7. The van der Waals surface area contributed by atoms with Gasteiger partial charge in [-0.3, -0.25) is 4.79 Å². The minimum Gasteiger partial charge on any atom is -0.378 e. The van der Waals surface area contributed by atoms with Gasteiger partial charge in [-0.2, -0.15) is 0 Å². The third-order valence-corrected chi connectivity index (χ3v) is 6.67. The molecule has 0 spiro atoms. The van der Waals surface area contributed by atoms with Crippen LogP contribution in [0.15, 0.2) is 39.6 Å². The Morgan fingerprint density at radius 2 is 1.73 bits per heavy atom. The highest BCUT2D eigenvalue weighted by Crippen LogP contribution is 2.42. The van der Waals surface area contributed by atoms with Gasteiger partial charge in [0.2, 0.25) is 0 Å². The average molecular weight is 332 g/mol. The number of ketones is 1. The predicted molar refractivity (Wildman–Crippen MR) is 99.5 cm³/mol. The second-order valence-electron chi connectivity index (χ2n) is 5.80. The van der Waals surface area contributed by atoms with E-state index in [0.717, 1.165) is 41.1 Å². The molecule has 0 atom stereocenters. The van der Waals surface area contributed by atoms with Crippen LogP contribution >= 0.6 is 23.5 Å². The van der Waals surface area contributed by atoms with E-state index in [1.807, 2.05) is 37.6 Å². The Morgan fingerprint density at radius 1 is 1.05 bits per heavy atom. The summed E-state index contributed by atoms with van der Waals surface area (Å²) in [6, 6.07) is 8.37. The Morgan fingerprint density at radius 3 is 2.36 bits per heavy atom. The van der Waals surface area contributed by atoms with E-state index < -0.39 is 0 Å². The van der Waals surface area contributed by atoms with Crippen molar-refractivity contribution in [1.82, 2.24) is 0 Å². The first kappa shape index (κ1) is 15.8. The van der Waals surface area contributed by atoms with Crippen molar-refractivity contribution >= 4 is 41.1 Å². The minimum atomic E-state index is 0.272. The van der Waals surface area contributed by atoms with Crippen LogP contribution in [-0.4, -0.2) is 31.4 Å². The van der Waals surface area contributed by atoms with Crippen LogP contribution in [0.3, 0.4) is 0 Å². The molecule has 1 saturated carbocycles. The van der Waals surface area contributed by atoms with E-state index in [9.17, 15) is 4.79 Å². The van der Waals surface area contributed by atoms with E-state index in [-0.39, 0.29) is 5.78 Å². The third kappa shape index (κ3) is 3.44. The highest BCUT2D eigenvalue weighted by molar-refractivity contribution is 8.22. The van der Waals surface area contributed by atoms with Gasteiger partial charge in [0.05, 0.1) is 0 Å². The number of Topliss-reactive ketones (excluding diaryl/α,β-unsaturated/α-hetero) is 1. The first-order valence-electron chi connectivity index (χ1n) is 7.66. The smallest absolute Gasteiger partial charge is 0.186 e. The van der Waals surface area contributed by atoms with E-state index in [1.165, 1.54) is 16.3 Å². The number of carbonyl (C=O) groups is 1. The minimum absolute atomic E-state index is 0.272. The Hall–Kier alpha value is -1.13. The van der Waals surface area contributed by atoms with Gasteiger partial charge in [0.25, 0.3) is 0 Å². The Bertz CT molecular complexity index is 621. The zero-order valence-electron chi connectivity index (χ0n) is 13.1. The molecule has 0 bridgehead atoms. The number of nitrogens with zero attached hydrogens (tertiary/aromatic N) is 1. The Balaban J connectivity index is 1.79. The molecule has 4 heteroatoms. The number of allylic oxidation sites excluding steroid dienone is 2. The molecule has 2 nitrogen and oxygen atoms in total. The maximum Gasteiger partial charge on any atom is 0.186 e. The van der Waals surface area contributed by atoms with Crippen LogP contribution in [-0.2, 0) is 4.79 Å². The van der Waals surface area contributed by atoms with Crippen molar-refractivity contribution in [3.63, 3.8) is 0 Å². The summed E-state index contributed by atoms with van der Waals surface area (Å²) in [6.45, 7) is 0. The van der Waals surface area contributed by atoms with Gasteiger partial charge in [-0.15, -0.1) is 23.5 Å². The fraction of sp³-hybridized carbons (Fsp3) is 0.389. The van der Waals surface area contributed by atoms with Crippen molar-refractivity contribution in [3.05, 3.63) is 45.2 Å². The second kappa shape index (κ2) is 6.97. The SMILES string of the molecule is CN(C)c1ccc(C=C2CCC(=C3SCCCS3)C2=O)cc1. The molecule has 22 heavy (non-hydrogen) atoms. The monoisotopic (exact) mass is 331 g/mol. The van der Waals surface area contributed by atoms with E-state index >= 15 is 0 Å². The number of rotatable bonds is 2. The fourth-order valence-electron chi connectivity index (χ4n) is 2.69. The van der Waals surface area contributed by atoms with Gasteiger partial charge >= 0.3 is 0 Å². The topological polar surface area (TPSA) is 20.3 Å². The average Bonchev–Trinajstić information content (AvgIpc) is 2.90. The highest BCUT2D eigenvalue weighted by atomic mass is 32.2. The van der Waals surface area contributed by atoms with Gasteiger partial charge in [-0.1, -0.05) is 12.1 Å². The first-order chi connectivity index (χ1) is 10.6. The predicted octanol–water partition coefficient (Wildman–Crippen LogP) is 4.58. The van der Waals surface area contributed by atoms with Crippen LogP contribution < -0.4 is 4.90 Å². The van der Waals surface area contributed by atoms with Crippen molar-refractivity contribution in [1.29, 1.82) is 0 Å². The molecule has 0 aromatic heterocycles. The zero-order chi connectivity index (χ0) is 15.5. The van der Waals surface area contributed by atoms with E-state index in [2.05, 4.69) is 35.2 Å². The molecule has 0 unspecified atom stereocenters. The number of carbonyl (C=O) groups excluding carboxylic acids is 1. The van der Waals surface area contributed by atoms with E-state index in [4.69, 9.17) is 0 Å². The first-order valence-corrected chi connectivity index (χ1v) is 9.63. The lowest BCUT2D eigenvalue weighted by Gasteiger charge is -2.14. The number of hydrogen-bond acceptors (Lipinski definition) is 4. The summed E-state index contributed by atoms with van der Waals surface area (Å²) < 4.78 is 1.28. The Kier molecular flexibility index (Phi) is 4.99. The molecule has 1 aromatic carbocycles.